The highest BCUT2D eigenvalue weighted by molar-refractivity contribution is 6.80. The minimum Gasteiger partial charge on any atom is -0.0689 e. The second kappa shape index (κ2) is 13.4. The van der Waals surface area contributed by atoms with E-state index in [0.717, 1.165) is 58.4 Å². The predicted octanol–water partition coefficient (Wildman–Crippen LogP) is 15.1. The molecule has 6 rings (SSSR count). The van der Waals surface area contributed by atoms with Gasteiger partial charge in [0.2, 0.25) is 0 Å². The summed E-state index contributed by atoms with van der Waals surface area (Å²) in [6.45, 7) is 40.6. The van der Waals surface area contributed by atoms with Crippen molar-refractivity contribution < 1.29 is 0 Å². The van der Waals surface area contributed by atoms with Crippen LogP contribution in [-0.2, 0) is 16.2 Å². The van der Waals surface area contributed by atoms with Crippen LogP contribution >= 0.6 is 0 Å². The fraction of sp³-hybridized carbons (Fsp3) is 0.760. The molecule has 4 aliphatic rings. The van der Waals surface area contributed by atoms with Crippen LogP contribution in [0.25, 0.3) is 0 Å². The smallest absolute Gasteiger partial charge is 0.0546 e. The van der Waals surface area contributed by atoms with Gasteiger partial charge < -0.3 is 0 Å². The summed E-state index contributed by atoms with van der Waals surface area (Å²) in [7, 11) is -1.65. The van der Waals surface area contributed by atoms with Gasteiger partial charge in [0.15, 0.2) is 0 Å². The summed E-state index contributed by atoms with van der Waals surface area (Å²) < 4.78 is 0. The lowest BCUT2D eigenvalue weighted by Gasteiger charge is -2.51. The van der Waals surface area contributed by atoms with Crippen molar-refractivity contribution in [2.75, 3.05) is 0 Å². The molecule has 0 aliphatic heterocycles. The Kier molecular flexibility index (Phi) is 10.4. The molecule has 0 bridgehead atoms. The van der Waals surface area contributed by atoms with Gasteiger partial charge in [-0.2, -0.15) is 0 Å². The molecule has 0 aromatic heterocycles. The summed E-state index contributed by atoms with van der Waals surface area (Å²) in [4.78, 5) is 0. The van der Waals surface area contributed by atoms with Crippen LogP contribution in [0.2, 0.25) is 24.2 Å². The monoisotopic (exact) mass is 709 g/mol. The van der Waals surface area contributed by atoms with E-state index in [1.54, 1.807) is 22.3 Å². The molecule has 4 aliphatic carbocycles. The summed E-state index contributed by atoms with van der Waals surface area (Å²) in [6, 6.07) is 17.9. The van der Waals surface area contributed by atoms with Crippen molar-refractivity contribution in [3.63, 3.8) is 0 Å². The Hall–Kier alpha value is -1.34. The minimum atomic E-state index is -1.65. The highest BCUT2D eigenvalue weighted by atomic mass is 28.3. The molecular weight excluding hydrogens is 629 g/mol. The fourth-order valence-corrected chi connectivity index (χ4v) is 20.1. The van der Waals surface area contributed by atoms with Crippen LogP contribution in [0, 0.1) is 46.8 Å². The highest BCUT2D eigenvalue weighted by Crippen LogP contribution is 2.68. The Morgan fingerprint density at radius 2 is 0.980 bits per heavy atom. The molecule has 0 N–H and O–H groups in total. The first-order chi connectivity index (χ1) is 23.4. The lowest BCUT2D eigenvalue weighted by atomic mass is 9.60. The molecule has 2 aromatic rings. The maximum atomic E-state index is 2.93. The molecule has 0 radical (unpaired) electrons. The third-order valence-corrected chi connectivity index (χ3v) is 21.4. The lowest BCUT2D eigenvalue weighted by Crippen LogP contribution is -2.48. The minimum absolute atomic E-state index is 0.162. The second-order valence-electron chi connectivity index (χ2n) is 23.8. The number of fused-ring (bicyclic) bond motifs is 2. The first-order valence-electron chi connectivity index (χ1n) is 21.7. The van der Waals surface area contributed by atoms with E-state index < -0.39 is 8.07 Å². The average Bonchev–Trinajstić information content (AvgIpc) is 3.54. The Bertz CT molecular complexity index is 1480. The molecule has 51 heavy (non-hydrogen) atoms. The number of rotatable bonds is 4. The van der Waals surface area contributed by atoms with Crippen LogP contribution < -0.4 is 0 Å². The third kappa shape index (κ3) is 7.52. The molecule has 0 nitrogen and oxygen atoms in total. The van der Waals surface area contributed by atoms with Gasteiger partial charge in [0.05, 0.1) is 8.07 Å². The first-order valence-corrected chi connectivity index (χ1v) is 24.8. The van der Waals surface area contributed by atoms with Gasteiger partial charge in [-0.15, -0.1) is 0 Å². The molecule has 4 fully saturated rings. The SMILES string of the molecule is CC1CC2C(c3ccc(C(C)(C)C)cc3)CCCC2C1[Si](C)(C)C1C(C)CC2C(c3cc(C(C)(C)C)cc(C(C)(C)C)c3)CC(C(C)(C)C)CC21. The van der Waals surface area contributed by atoms with E-state index in [2.05, 4.69) is 152 Å². The molecule has 11 unspecified atom stereocenters. The highest BCUT2D eigenvalue weighted by Gasteiger charge is 2.60. The van der Waals surface area contributed by atoms with Gasteiger partial charge in [0.25, 0.3) is 0 Å². The van der Waals surface area contributed by atoms with Crippen molar-refractivity contribution in [3.05, 3.63) is 70.3 Å². The van der Waals surface area contributed by atoms with Crippen molar-refractivity contribution in [3.8, 4) is 0 Å². The van der Waals surface area contributed by atoms with E-state index in [1.165, 1.54) is 50.5 Å². The van der Waals surface area contributed by atoms with Crippen LogP contribution in [0.15, 0.2) is 42.5 Å². The zero-order chi connectivity index (χ0) is 37.6. The number of hydrogen-bond acceptors (Lipinski definition) is 0. The molecule has 0 saturated heterocycles. The van der Waals surface area contributed by atoms with Gasteiger partial charge in [0, 0.05) is 0 Å². The molecule has 284 valence electrons. The summed E-state index contributed by atoms with van der Waals surface area (Å²) in [5.41, 5.74) is 10.7. The normalized spacial score (nSPS) is 35.1. The number of hydrogen-bond donors (Lipinski definition) is 0. The van der Waals surface area contributed by atoms with Gasteiger partial charge in [-0.1, -0.05) is 165 Å². The zero-order valence-corrected chi connectivity index (χ0v) is 37.3. The second-order valence-corrected chi connectivity index (χ2v) is 28.8. The largest absolute Gasteiger partial charge is 0.0689 e. The van der Waals surface area contributed by atoms with Crippen molar-refractivity contribution in [2.45, 2.75) is 194 Å². The summed E-state index contributed by atoms with van der Waals surface area (Å²) in [5.74, 6) is 7.52. The van der Waals surface area contributed by atoms with Gasteiger partial charge in [-0.3, -0.25) is 0 Å². The summed E-state index contributed by atoms with van der Waals surface area (Å²) in [6.07, 6.45) is 10.1. The Labute approximate surface area is 318 Å². The summed E-state index contributed by atoms with van der Waals surface area (Å²) in [5, 5.41) is 0. The molecule has 1 heteroatoms. The van der Waals surface area contributed by atoms with Gasteiger partial charge >= 0.3 is 0 Å². The van der Waals surface area contributed by atoms with E-state index in [1.807, 2.05) is 0 Å². The average molecular weight is 709 g/mol. The topological polar surface area (TPSA) is 0 Å². The summed E-state index contributed by atoms with van der Waals surface area (Å²) >= 11 is 0. The van der Waals surface area contributed by atoms with Gasteiger partial charge in [0.1, 0.15) is 0 Å². The van der Waals surface area contributed by atoms with Crippen LogP contribution in [-0.4, -0.2) is 8.07 Å². The number of benzene rings is 2. The van der Waals surface area contributed by atoms with E-state index in [-0.39, 0.29) is 16.2 Å². The van der Waals surface area contributed by atoms with E-state index in [4.69, 9.17) is 0 Å². The maximum Gasteiger partial charge on any atom is 0.0546 e. The molecule has 0 heterocycles. The lowest BCUT2D eigenvalue weighted by molar-refractivity contribution is 0.0932. The Morgan fingerprint density at radius 3 is 1.47 bits per heavy atom. The van der Waals surface area contributed by atoms with Gasteiger partial charge in [-0.25, -0.2) is 0 Å². The van der Waals surface area contributed by atoms with Crippen LogP contribution in [0.1, 0.15) is 182 Å². The predicted molar refractivity (Wildman–Crippen MR) is 227 cm³/mol. The van der Waals surface area contributed by atoms with E-state index >= 15 is 0 Å². The fourth-order valence-electron chi connectivity index (χ4n) is 13.5. The van der Waals surface area contributed by atoms with Crippen LogP contribution in [0.5, 0.6) is 0 Å². The standard InChI is InChI=1S/C50H80Si/c1-31-24-42-39(33-20-22-35(23-21-33)47(3,4)5)18-17-19-40(42)45(31)51(15,16)46-32(2)25-43-41(29-38(30-44(43)46)50(12,13)14)34-26-36(48(6,7)8)28-37(27-34)49(9,10)11/h20-23,26-28,31-32,38-46H,17-19,24-25,29-30H2,1-16H3. The quantitative estimate of drug-likeness (QED) is 0.277. The molecule has 0 amide bonds. The Morgan fingerprint density at radius 1 is 0.490 bits per heavy atom. The molecule has 0 spiro atoms. The molecule has 2 aromatic carbocycles. The van der Waals surface area contributed by atoms with Crippen LogP contribution in [0.3, 0.4) is 0 Å². The van der Waals surface area contributed by atoms with Crippen molar-refractivity contribution >= 4 is 8.07 Å². The van der Waals surface area contributed by atoms with Crippen LogP contribution in [0.4, 0.5) is 0 Å². The Balaban J connectivity index is 1.35. The van der Waals surface area contributed by atoms with E-state index in [9.17, 15) is 0 Å². The van der Waals surface area contributed by atoms with Crippen molar-refractivity contribution in [1.29, 1.82) is 0 Å². The molecule has 4 saturated carbocycles. The third-order valence-electron chi connectivity index (χ3n) is 16.0. The molecule has 11 atom stereocenters. The maximum absolute atomic E-state index is 2.93. The van der Waals surface area contributed by atoms with Gasteiger partial charge in [-0.05, 0) is 146 Å². The van der Waals surface area contributed by atoms with Crippen molar-refractivity contribution in [2.24, 2.45) is 46.8 Å². The zero-order valence-electron chi connectivity index (χ0n) is 36.3. The van der Waals surface area contributed by atoms with Crippen molar-refractivity contribution in [1.82, 2.24) is 0 Å². The molecular formula is C50H80Si. The van der Waals surface area contributed by atoms with E-state index in [0.29, 0.717) is 11.3 Å². The first kappa shape index (κ1) is 39.4.